The van der Waals surface area contributed by atoms with Crippen LogP contribution in [0, 0.1) is 5.41 Å². The molecule has 110 valence electrons. The Hall–Kier alpha value is -1.62. The highest BCUT2D eigenvalue weighted by atomic mass is 16.5. The van der Waals surface area contributed by atoms with Gasteiger partial charge in [-0.15, -0.1) is 0 Å². The highest BCUT2D eigenvalue weighted by molar-refractivity contribution is 5.97. The van der Waals surface area contributed by atoms with Gasteiger partial charge in [0.15, 0.2) is 0 Å². The molecule has 1 aromatic heterocycles. The number of hydrogen-bond acceptors (Lipinski definition) is 4. The number of aromatic nitrogens is 1. The summed E-state index contributed by atoms with van der Waals surface area (Å²) in [6.45, 7) is 7.74. The molecule has 3 N–H and O–H groups in total. The zero-order chi connectivity index (χ0) is 14.5. The van der Waals surface area contributed by atoms with E-state index in [9.17, 15) is 0 Å². The van der Waals surface area contributed by atoms with E-state index in [0.717, 1.165) is 44.6 Å². The molecule has 1 aliphatic carbocycles. The average molecular weight is 276 g/mol. The largest absolute Gasteiger partial charge is 0.476 e. The summed E-state index contributed by atoms with van der Waals surface area (Å²) < 4.78 is 5.78. The molecule has 0 saturated carbocycles. The first-order chi connectivity index (χ1) is 9.65. The monoisotopic (exact) mass is 276 g/mol. The standard InChI is InChI=1S/C15H24N4O/c1-3-19(4-2)8-9-20-15-12(14(16)17)10-11-6-5-7-13(11)18-15/h10H,3-9H2,1-2H3,(H3,16,17). The molecule has 0 atom stereocenters. The van der Waals surface area contributed by atoms with Gasteiger partial charge in [0.25, 0.3) is 0 Å². The van der Waals surface area contributed by atoms with Crippen molar-refractivity contribution >= 4 is 5.84 Å². The zero-order valence-electron chi connectivity index (χ0n) is 12.4. The van der Waals surface area contributed by atoms with E-state index in [4.69, 9.17) is 15.9 Å². The Labute approximate surface area is 120 Å². The van der Waals surface area contributed by atoms with Crippen LogP contribution in [0.15, 0.2) is 6.07 Å². The van der Waals surface area contributed by atoms with Crippen LogP contribution in [-0.2, 0) is 12.8 Å². The van der Waals surface area contributed by atoms with Gasteiger partial charge in [0.2, 0.25) is 5.88 Å². The molecule has 0 aromatic carbocycles. The van der Waals surface area contributed by atoms with Crippen LogP contribution < -0.4 is 10.5 Å². The molecule has 1 aromatic rings. The lowest BCUT2D eigenvalue weighted by Crippen LogP contribution is -2.28. The minimum atomic E-state index is 0.0324. The van der Waals surface area contributed by atoms with Crippen molar-refractivity contribution in [1.29, 1.82) is 5.41 Å². The summed E-state index contributed by atoms with van der Waals surface area (Å²) in [5.41, 5.74) is 8.59. The first-order valence-electron chi connectivity index (χ1n) is 7.38. The minimum absolute atomic E-state index is 0.0324. The predicted molar refractivity (Wildman–Crippen MR) is 80.6 cm³/mol. The summed E-state index contributed by atoms with van der Waals surface area (Å²) in [7, 11) is 0. The van der Waals surface area contributed by atoms with Gasteiger partial charge in [-0.25, -0.2) is 4.98 Å². The third-order valence-corrected chi connectivity index (χ3v) is 3.85. The van der Waals surface area contributed by atoms with Crippen LogP contribution in [0.1, 0.15) is 37.1 Å². The van der Waals surface area contributed by atoms with Gasteiger partial charge < -0.3 is 15.4 Å². The predicted octanol–water partition coefficient (Wildman–Crippen LogP) is 1.57. The molecule has 0 unspecified atom stereocenters. The van der Waals surface area contributed by atoms with E-state index in [1.807, 2.05) is 6.07 Å². The molecule has 5 nitrogen and oxygen atoms in total. The number of nitrogens with zero attached hydrogens (tertiary/aromatic N) is 2. The molecule has 5 heteroatoms. The summed E-state index contributed by atoms with van der Waals surface area (Å²) in [6.07, 6.45) is 3.16. The number of pyridine rings is 1. The van der Waals surface area contributed by atoms with Gasteiger partial charge in [0, 0.05) is 12.2 Å². The summed E-state index contributed by atoms with van der Waals surface area (Å²) >= 11 is 0. The van der Waals surface area contributed by atoms with Crippen molar-refractivity contribution in [3.63, 3.8) is 0 Å². The number of hydrogen-bond donors (Lipinski definition) is 2. The molecular formula is C15H24N4O. The second kappa shape index (κ2) is 6.70. The Kier molecular flexibility index (Phi) is 4.95. The quantitative estimate of drug-likeness (QED) is 0.585. The molecule has 0 radical (unpaired) electrons. The van der Waals surface area contributed by atoms with Crippen LogP contribution in [-0.4, -0.2) is 42.0 Å². The molecule has 0 bridgehead atoms. The van der Waals surface area contributed by atoms with Gasteiger partial charge in [-0.05, 0) is 44.0 Å². The summed E-state index contributed by atoms with van der Waals surface area (Å²) in [4.78, 5) is 6.85. The van der Waals surface area contributed by atoms with E-state index in [-0.39, 0.29) is 5.84 Å². The van der Waals surface area contributed by atoms with Gasteiger partial charge in [-0.2, -0.15) is 0 Å². The maximum atomic E-state index is 7.68. The maximum Gasteiger partial charge on any atom is 0.224 e. The number of nitrogen functional groups attached to an aromatic ring is 1. The molecule has 0 aliphatic heterocycles. The first-order valence-corrected chi connectivity index (χ1v) is 7.38. The lowest BCUT2D eigenvalue weighted by Gasteiger charge is -2.18. The lowest BCUT2D eigenvalue weighted by atomic mass is 10.1. The van der Waals surface area contributed by atoms with Crippen molar-refractivity contribution in [3.8, 4) is 5.88 Å². The maximum absolute atomic E-state index is 7.68. The fraction of sp³-hybridized carbons (Fsp3) is 0.600. The van der Waals surface area contributed by atoms with Crippen molar-refractivity contribution < 1.29 is 4.74 Å². The number of nitrogens with two attached hydrogens (primary N) is 1. The summed E-state index contributed by atoms with van der Waals surface area (Å²) in [6, 6.07) is 1.98. The number of fused-ring (bicyclic) bond motifs is 1. The molecule has 0 fully saturated rings. The Morgan fingerprint density at radius 2 is 2.15 bits per heavy atom. The lowest BCUT2D eigenvalue weighted by molar-refractivity contribution is 0.217. The van der Waals surface area contributed by atoms with Gasteiger partial charge in [-0.3, -0.25) is 5.41 Å². The van der Waals surface area contributed by atoms with Crippen molar-refractivity contribution in [2.75, 3.05) is 26.2 Å². The summed E-state index contributed by atoms with van der Waals surface area (Å²) in [5, 5.41) is 7.68. The number of rotatable bonds is 7. The van der Waals surface area contributed by atoms with E-state index < -0.39 is 0 Å². The highest BCUT2D eigenvalue weighted by Crippen LogP contribution is 2.26. The zero-order valence-corrected chi connectivity index (χ0v) is 12.4. The fourth-order valence-electron chi connectivity index (χ4n) is 2.57. The van der Waals surface area contributed by atoms with Gasteiger partial charge in [-0.1, -0.05) is 13.8 Å². The number of nitrogens with one attached hydrogen (secondary N) is 1. The normalized spacial score (nSPS) is 13.6. The Morgan fingerprint density at radius 3 is 2.80 bits per heavy atom. The first kappa shape index (κ1) is 14.8. The molecule has 0 amide bonds. The Balaban J connectivity index is 2.08. The van der Waals surface area contributed by atoms with E-state index >= 15 is 0 Å². The number of ether oxygens (including phenoxy) is 1. The summed E-state index contributed by atoms with van der Waals surface area (Å²) in [5.74, 6) is 0.551. The number of amidine groups is 1. The van der Waals surface area contributed by atoms with E-state index in [1.54, 1.807) is 0 Å². The molecule has 0 saturated heterocycles. The van der Waals surface area contributed by atoms with Crippen LogP contribution >= 0.6 is 0 Å². The van der Waals surface area contributed by atoms with Gasteiger partial charge in [0.05, 0.1) is 5.56 Å². The molecule has 2 rings (SSSR count). The third kappa shape index (κ3) is 3.28. The Morgan fingerprint density at radius 1 is 1.40 bits per heavy atom. The SMILES string of the molecule is CCN(CC)CCOc1nc2c(cc1C(=N)N)CCC2. The van der Waals surface area contributed by atoms with Crippen molar-refractivity contribution in [3.05, 3.63) is 22.9 Å². The topological polar surface area (TPSA) is 75.2 Å². The molecule has 1 aliphatic rings. The molecular weight excluding hydrogens is 252 g/mol. The molecule has 1 heterocycles. The van der Waals surface area contributed by atoms with Crippen molar-refractivity contribution in [2.45, 2.75) is 33.1 Å². The van der Waals surface area contributed by atoms with E-state index in [0.29, 0.717) is 18.1 Å². The molecule has 20 heavy (non-hydrogen) atoms. The van der Waals surface area contributed by atoms with Crippen LogP contribution in [0.4, 0.5) is 0 Å². The molecule has 0 spiro atoms. The highest BCUT2D eigenvalue weighted by Gasteiger charge is 2.18. The van der Waals surface area contributed by atoms with Gasteiger partial charge >= 0.3 is 0 Å². The van der Waals surface area contributed by atoms with Crippen LogP contribution in [0.25, 0.3) is 0 Å². The fourth-order valence-corrected chi connectivity index (χ4v) is 2.57. The smallest absolute Gasteiger partial charge is 0.224 e. The Bertz CT molecular complexity index is 483. The minimum Gasteiger partial charge on any atom is -0.476 e. The number of aryl methyl sites for hydroxylation is 2. The van der Waals surface area contributed by atoms with Crippen molar-refractivity contribution in [1.82, 2.24) is 9.88 Å². The number of likely N-dealkylation sites (N-methyl/N-ethyl adjacent to an activating group) is 1. The second-order valence-electron chi connectivity index (χ2n) is 5.09. The van der Waals surface area contributed by atoms with Crippen LogP contribution in [0.5, 0.6) is 5.88 Å². The third-order valence-electron chi connectivity index (χ3n) is 3.85. The van der Waals surface area contributed by atoms with Gasteiger partial charge in [0.1, 0.15) is 12.4 Å². The van der Waals surface area contributed by atoms with Crippen molar-refractivity contribution in [2.24, 2.45) is 5.73 Å². The average Bonchev–Trinajstić information content (AvgIpc) is 2.89. The second-order valence-corrected chi connectivity index (χ2v) is 5.09. The van der Waals surface area contributed by atoms with E-state index in [1.165, 1.54) is 5.56 Å². The van der Waals surface area contributed by atoms with Crippen LogP contribution in [0.3, 0.4) is 0 Å². The van der Waals surface area contributed by atoms with E-state index in [2.05, 4.69) is 23.7 Å². The van der Waals surface area contributed by atoms with Crippen LogP contribution in [0.2, 0.25) is 0 Å².